The lowest BCUT2D eigenvalue weighted by Crippen LogP contribution is -2.54. The summed E-state index contributed by atoms with van der Waals surface area (Å²) in [5.74, 6) is -3.03. The normalized spacial score (nSPS) is 26.6. The first-order valence-electron chi connectivity index (χ1n) is 9.01. The van der Waals surface area contributed by atoms with Crippen LogP contribution in [0.3, 0.4) is 0 Å². The maximum absolute atomic E-state index is 14.9. The molecule has 142 valence electrons. The Kier molecular flexibility index (Phi) is 5.26. The lowest BCUT2D eigenvalue weighted by Gasteiger charge is -2.48. The molecule has 3 atom stereocenters. The Balaban J connectivity index is 2.32. The van der Waals surface area contributed by atoms with Gasteiger partial charge in [0.15, 0.2) is 5.41 Å². The first-order chi connectivity index (χ1) is 13.3. The van der Waals surface area contributed by atoms with Crippen LogP contribution in [0.1, 0.15) is 25.3 Å². The van der Waals surface area contributed by atoms with Gasteiger partial charge >= 0.3 is 0 Å². The third kappa shape index (κ3) is 2.80. The van der Waals surface area contributed by atoms with Crippen molar-refractivity contribution in [3.63, 3.8) is 0 Å². The fourth-order valence-corrected chi connectivity index (χ4v) is 4.65. The predicted octanol–water partition coefficient (Wildman–Crippen LogP) is 4.04. The summed E-state index contributed by atoms with van der Waals surface area (Å²) >= 11 is 6.32. The molecule has 1 unspecified atom stereocenters. The molecule has 1 fully saturated rings. The van der Waals surface area contributed by atoms with Gasteiger partial charge in [-0.2, -0.15) is 15.8 Å². The van der Waals surface area contributed by atoms with E-state index in [1.165, 1.54) is 18.2 Å². The molecule has 1 N–H and O–H groups in total. The molecular weight excluding hydrogens is 377 g/mol. The lowest BCUT2D eigenvalue weighted by atomic mass is 9.54. The van der Waals surface area contributed by atoms with Crippen molar-refractivity contribution in [2.24, 2.45) is 17.3 Å². The van der Waals surface area contributed by atoms with Crippen molar-refractivity contribution >= 4 is 17.3 Å². The van der Waals surface area contributed by atoms with Gasteiger partial charge in [-0.3, -0.25) is 4.90 Å². The second-order valence-electron chi connectivity index (χ2n) is 7.48. The molecule has 7 heteroatoms. The number of rotatable bonds is 2. The van der Waals surface area contributed by atoms with Gasteiger partial charge in [0.25, 0.3) is 0 Å². The molecule has 1 aliphatic heterocycles. The van der Waals surface area contributed by atoms with Gasteiger partial charge in [-0.05, 0) is 31.6 Å². The Morgan fingerprint density at radius 3 is 2.50 bits per heavy atom. The molecular formula is C21H19ClFN5. The maximum Gasteiger partial charge on any atom is 0.189 e. The molecule has 0 aromatic heterocycles. The number of nitriles is 3. The fourth-order valence-electron chi connectivity index (χ4n) is 4.37. The number of nitrogens with zero attached hydrogens (tertiary/aromatic N) is 4. The highest BCUT2D eigenvalue weighted by Crippen LogP contribution is 2.55. The Morgan fingerprint density at radius 1 is 1.29 bits per heavy atom. The van der Waals surface area contributed by atoms with E-state index in [4.69, 9.17) is 17.0 Å². The first-order valence-corrected chi connectivity index (χ1v) is 9.39. The minimum Gasteiger partial charge on any atom is -0.305 e. The highest BCUT2D eigenvalue weighted by molar-refractivity contribution is 6.31. The zero-order valence-corrected chi connectivity index (χ0v) is 16.3. The average molecular weight is 396 g/mol. The van der Waals surface area contributed by atoms with Crippen molar-refractivity contribution in [1.29, 1.82) is 21.2 Å². The molecule has 28 heavy (non-hydrogen) atoms. The van der Waals surface area contributed by atoms with Gasteiger partial charge in [0.2, 0.25) is 0 Å². The van der Waals surface area contributed by atoms with E-state index in [0.29, 0.717) is 18.7 Å². The van der Waals surface area contributed by atoms with E-state index in [0.717, 1.165) is 0 Å². The minimum absolute atomic E-state index is 0.0647. The topological polar surface area (TPSA) is 98.5 Å². The Labute approximate surface area is 168 Å². The van der Waals surface area contributed by atoms with Crippen LogP contribution in [-0.4, -0.2) is 29.7 Å². The minimum atomic E-state index is -1.96. The molecule has 0 saturated heterocycles. The molecule has 1 saturated carbocycles. The zero-order chi connectivity index (χ0) is 20.6. The Bertz CT molecular complexity index is 944. The van der Waals surface area contributed by atoms with Crippen molar-refractivity contribution in [3.8, 4) is 18.2 Å². The van der Waals surface area contributed by atoms with E-state index in [9.17, 15) is 20.2 Å². The average Bonchev–Trinajstić information content (AvgIpc) is 2.68. The largest absolute Gasteiger partial charge is 0.305 e. The molecule has 1 heterocycles. The van der Waals surface area contributed by atoms with Crippen molar-refractivity contribution in [3.05, 3.63) is 46.3 Å². The number of benzene rings is 1. The van der Waals surface area contributed by atoms with E-state index in [-0.39, 0.29) is 22.3 Å². The van der Waals surface area contributed by atoms with Crippen molar-refractivity contribution < 1.29 is 4.39 Å². The summed E-state index contributed by atoms with van der Waals surface area (Å²) in [5.41, 5.74) is -1.52. The molecule has 0 radical (unpaired) electrons. The van der Waals surface area contributed by atoms with Crippen LogP contribution >= 0.6 is 11.6 Å². The monoisotopic (exact) mass is 395 g/mol. The second-order valence-corrected chi connectivity index (χ2v) is 7.89. The quantitative estimate of drug-likeness (QED) is 0.764. The van der Waals surface area contributed by atoms with E-state index in [1.54, 1.807) is 0 Å². The summed E-state index contributed by atoms with van der Waals surface area (Å²) in [7, 11) is 0. The van der Waals surface area contributed by atoms with Gasteiger partial charge < -0.3 is 5.41 Å². The SMILES string of the molecule is CC(C)N1CC=C2C(C#N)C(=N)C(C#N)(C#N)[C@@H](c3c(F)cccc3Cl)[C@H]2C1. The summed E-state index contributed by atoms with van der Waals surface area (Å²) < 4.78 is 14.9. The van der Waals surface area contributed by atoms with Crippen molar-refractivity contribution in [1.82, 2.24) is 4.90 Å². The highest BCUT2D eigenvalue weighted by atomic mass is 35.5. The van der Waals surface area contributed by atoms with Crippen LogP contribution in [0.4, 0.5) is 4.39 Å². The van der Waals surface area contributed by atoms with Crippen LogP contribution in [-0.2, 0) is 0 Å². The van der Waals surface area contributed by atoms with E-state index in [2.05, 4.69) is 11.0 Å². The van der Waals surface area contributed by atoms with Gasteiger partial charge in [0.05, 0.1) is 23.9 Å². The Morgan fingerprint density at radius 2 is 1.96 bits per heavy atom. The molecule has 3 rings (SSSR count). The predicted molar refractivity (Wildman–Crippen MR) is 103 cm³/mol. The van der Waals surface area contributed by atoms with Gasteiger partial charge in [-0.15, -0.1) is 0 Å². The zero-order valence-electron chi connectivity index (χ0n) is 15.6. The fraction of sp³-hybridized carbons (Fsp3) is 0.429. The lowest BCUT2D eigenvalue weighted by molar-refractivity contribution is 0.170. The molecule has 5 nitrogen and oxygen atoms in total. The van der Waals surface area contributed by atoms with Gasteiger partial charge in [-0.1, -0.05) is 23.7 Å². The third-order valence-electron chi connectivity index (χ3n) is 5.86. The summed E-state index contributed by atoms with van der Waals surface area (Å²) in [5, 5.41) is 38.3. The van der Waals surface area contributed by atoms with E-state index < -0.39 is 29.0 Å². The van der Waals surface area contributed by atoms with Crippen LogP contribution in [0.5, 0.6) is 0 Å². The standard InChI is InChI=1S/C21H19ClFN5/c1-12(2)28-7-6-13-14(8-24)20(27)21(10-25,11-26)19(15(13)9-28)18-16(22)4-3-5-17(18)23/h3-6,12,14-15,19,27H,7,9H2,1-2H3/t14?,15-,19+/m0/s1. The molecule has 0 amide bonds. The number of hydrogen-bond donors (Lipinski definition) is 1. The molecule has 2 aliphatic rings. The highest BCUT2D eigenvalue weighted by Gasteiger charge is 2.58. The second kappa shape index (κ2) is 7.36. The maximum atomic E-state index is 14.9. The Hall–Kier alpha value is -2.72. The van der Waals surface area contributed by atoms with E-state index in [1.807, 2.05) is 32.1 Å². The number of halogens is 2. The summed E-state index contributed by atoms with van der Waals surface area (Å²) in [6.07, 6.45) is 1.89. The van der Waals surface area contributed by atoms with Crippen molar-refractivity contribution in [2.45, 2.75) is 25.8 Å². The third-order valence-corrected chi connectivity index (χ3v) is 6.19. The smallest absolute Gasteiger partial charge is 0.189 e. The molecule has 1 aliphatic carbocycles. The van der Waals surface area contributed by atoms with Gasteiger partial charge in [0.1, 0.15) is 11.7 Å². The molecule has 0 spiro atoms. The van der Waals surface area contributed by atoms with Crippen LogP contribution in [0.15, 0.2) is 29.8 Å². The van der Waals surface area contributed by atoms with Crippen LogP contribution in [0.25, 0.3) is 0 Å². The number of fused-ring (bicyclic) bond motifs is 1. The first kappa shape index (κ1) is 20.0. The summed E-state index contributed by atoms with van der Waals surface area (Å²) in [6, 6.07) is 10.4. The number of hydrogen-bond acceptors (Lipinski definition) is 5. The number of nitrogens with one attached hydrogen (secondary N) is 1. The van der Waals surface area contributed by atoms with Gasteiger partial charge in [-0.25, -0.2) is 4.39 Å². The summed E-state index contributed by atoms with van der Waals surface area (Å²) in [4.78, 5) is 2.14. The van der Waals surface area contributed by atoms with Crippen LogP contribution in [0, 0.1) is 62.5 Å². The molecule has 1 aromatic carbocycles. The molecule has 1 aromatic rings. The molecule has 0 bridgehead atoms. The van der Waals surface area contributed by atoms with Gasteiger partial charge in [0, 0.05) is 41.6 Å². The van der Waals surface area contributed by atoms with Crippen molar-refractivity contribution in [2.75, 3.05) is 13.1 Å². The van der Waals surface area contributed by atoms with E-state index >= 15 is 0 Å². The summed E-state index contributed by atoms with van der Waals surface area (Å²) in [6.45, 7) is 5.10. The van der Waals surface area contributed by atoms with Crippen LogP contribution < -0.4 is 0 Å². The van der Waals surface area contributed by atoms with Crippen LogP contribution in [0.2, 0.25) is 5.02 Å².